The molecule has 0 fully saturated rings. The van der Waals surface area contributed by atoms with Crippen LogP contribution in [0.15, 0.2) is 60.7 Å². The zero-order chi connectivity index (χ0) is 18.5. The van der Waals surface area contributed by atoms with Crippen molar-refractivity contribution < 1.29 is 9.47 Å². The third-order valence-corrected chi connectivity index (χ3v) is 4.19. The summed E-state index contributed by atoms with van der Waals surface area (Å²) < 4.78 is 11.3. The summed E-state index contributed by atoms with van der Waals surface area (Å²) in [5.41, 5.74) is 3.48. The van der Waals surface area contributed by atoms with Gasteiger partial charge in [-0.1, -0.05) is 35.9 Å². The van der Waals surface area contributed by atoms with Crippen molar-refractivity contribution >= 4 is 17.3 Å². The summed E-state index contributed by atoms with van der Waals surface area (Å²) in [4.78, 5) is 4.57. The number of nitrogens with two attached hydrogens (primary N) is 1. The van der Waals surface area contributed by atoms with E-state index in [1.807, 2.05) is 60.7 Å². The van der Waals surface area contributed by atoms with E-state index in [9.17, 15) is 0 Å². The fourth-order valence-corrected chi connectivity index (χ4v) is 2.77. The molecule has 134 valence electrons. The standard InChI is InChI=1S/C20H20ClN3O2/c1-24(22)18-6-4-7-19(25-2)16(18)13-26-20-8-3-5-17(23-20)14-9-11-15(21)12-10-14/h3-12H,13,22H2,1-2H3. The number of anilines is 1. The van der Waals surface area contributed by atoms with Gasteiger partial charge in [0.05, 0.1) is 24.1 Å². The number of pyridine rings is 1. The van der Waals surface area contributed by atoms with E-state index in [1.54, 1.807) is 19.2 Å². The lowest BCUT2D eigenvalue weighted by Crippen LogP contribution is -2.26. The van der Waals surface area contributed by atoms with Gasteiger partial charge in [0.2, 0.25) is 5.88 Å². The molecule has 0 aliphatic heterocycles. The Kier molecular flexibility index (Phi) is 5.61. The normalized spacial score (nSPS) is 10.5. The van der Waals surface area contributed by atoms with E-state index in [0.717, 1.165) is 22.5 Å². The maximum atomic E-state index is 5.95. The molecule has 26 heavy (non-hydrogen) atoms. The van der Waals surface area contributed by atoms with Crippen LogP contribution in [0.3, 0.4) is 0 Å². The molecule has 0 bridgehead atoms. The van der Waals surface area contributed by atoms with Crippen LogP contribution in [0.5, 0.6) is 11.6 Å². The van der Waals surface area contributed by atoms with Gasteiger partial charge in [-0.2, -0.15) is 0 Å². The van der Waals surface area contributed by atoms with E-state index in [0.29, 0.717) is 16.7 Å². The Balaban J connectivity index is 1.83. The Labute approximate surface area is 157 Å². The summed E-state index contributed by atoms with van der Waals surface area (Å²) in [5, 5.41) is 2.23. The third-order valence-electron chi connectivity index (χ3n) is 3.94. The highest BCUT2D eigenvalue weighted by atomic mass is 35.5. The summed E-state index contributed by atoms with van der Waals surface area (Å²) in [6, 6.07) is 18.9. The number of hydrazine groups is 1. The van der Waals surface area contributed by atoms with Crippen LogP contribution in [0.2, 0.25) is 5.02 Å². The fourth-order valence-electron chi connectivity index (χ4n) is 2.64. The monoisotopic (exact) mass is 369 g/mol. The second-order valence-electron chi connectivity index (χ2n) is 5.73. The van der Waals surface area contributed by atoms with Crippen molar-refractivity contribution in [3.63, 3.8) is 0 Å². The van der Waals surface area contributed by atoms with Crippen molar-refractivity contribution in [2.75, 3.05) is 19.2 Å². The second kappa shape index (κ2) is 8.08. The zero-order valence-electron chi connectivity index (χ0n) is 14.6. The van der Waals surface area contributed by atoms with E-state index < -0.39 is 0 Å². The molecule has 0 atom stereocenters. The Morgan fingerprint density at radius 1 is 1.04 bits per heavy atom. The van der Waals surface area contributed by atoms with Crippen LogP contribution in [0, 0.1) is 0 Å². The molecule has 0 amide bonds. The predicted molar refractivity (Wildman–Crippen MR) is 105 cm³/mol. The average molecular weight is 370 g/mol. The van der Waals surface area contributed by atoms with Crippen molar-refractivity contribution in [1.29, 1.82) is 0 Å². The van der Waals surface area contributed by atoms with Crippen LogP contribution in [0.4, 0.5) is 5.69 Å². The van der Waals surface area contributed by atoms with Gasteiger partial charge in [-0.3, -0.25) is 0 Å². The number of methoxy groups -OCH3 is 1. The molecular formula is C20H20ClN3O2. The molecule has 0 radical (unpaired) electrons. The number of halogens is 1. The highest BCUT2D eigenvalue weighted by molar-refractivity contribution is 6.30. The van der Waals surface area contributed by atoms with Crippen LogP contribution < -0.4 is 20.3 Å². The van der Waals surface area contributed by atoms with E-state index >= 15 is 0 Å². The molecule has 0 saturated carbocycles. The van der Waals surface area contributed by atoms with E-state index in [4.69, 9.17) is 26.9 Å². The Hall–Kier alpha value is -2.76. The van der Waals surface area contributed by atoms with Crippen LogP contribution >= 0.6 is 11.6 Å². The smallest absolute Gasteiger partial charge is 0.214 e. The number of nitrogens with zero attached hydrogens (tertiary/aromatic N) is 2. The maximum absolute atomic E-state index is 5.95. The molecule has 0 aliphatic rings. The number of rotatable bonds is 6. The number of ether oxygens (including phenoxy) is 2. The molecule has 3 rings (SSSR count). The molecule has 0 unspecified atom stereocenters. The quantitative estimate of drug-likeness (QED) is 0.518. The van der Waals surface area contributed by atoms with Crippen molar-refractivity contribution in [1.82, 2.24) is 4.98 Å². The molecule has 1 heterocycles. The van der Waals surface area contributed by atoms with Gasteiger partial charge in [0.25, 0.3) is 0 Å². The minimum absolute atomic E-state index is 0.290. The summed E-state index contributed by atoms with van der Waals surface area (Å²) in [5.74, 6) is 7.15. The Morgan fingerprint density at radius 2 is 1.77 bits per heavy atom. The molecule has 0 spiro atoms. The van der Waals surface area contributed by atoms with Gasteiger partial charge >= 0.3 is 0 Å². The van der Waals surface area contributed by atoms with Gasteiger partial charge in [0, 0.05) is 23.7 Å². The van der Waals surface area contributed by atoms with Crippen LogP contribution in [-0.2, 0) is 6.61 Å². The average Bonchev–Trinajstić information content (AvgIpc) is 2.66. The summed E-state index contributed by atoms with van der Waals surface area (Å²) >= 11 is 5.95. The van der Waals surface area contributed by atoms with Crippen molar-refractivity contribution in [3.05, 3.63) is 71.2 Å². The first-order chi connectivity index (χ1) is 12.6. The molecular weight excluding hydrogens is 350 g/mol. The number of benzene rings is 2. The Bertz CT molecular complexity index is 882. The van der Waals surface area contributed by atoms with Gasteiger partial charge in [0.15, 0.2) is 0 Å². The third kappa shape index (κ3) is 4.07. The molecule has 2 N–H and O–H groups in total. The first kappa shape index (κ1) is 18.0. The topological polar surface area (TPSA) is 60.6 Å². The maximum Gasteiger partial charge on any atom is 0.214 e. The SMILES string of the molecule is COc1cccc(N(C)N)c1COc1cccc(-c2ccc(Cl)cc2)n1. The Morgan fingerprint density at radius 3 is 2.46 bits per heavy atom. The molecule has 5 nitrogen and oxygen atoms in total. The van der Waals surface area contributed by atoms with Crippen LogP contribution in [0.1, 0.15) is 5.56 Å². The summed E-state index contributed by atoms with van der Waals surface area (Å²) in [6.45, 7) is 0.290. The lowest BCUT2D eigenvalue weighted by atomic mass is 10.1. The van der Waals surface area contributed by atoms with Gasteiger partial charge < -0.3 is 14.5 Å². The first-order valence-electron chi connectivity index (χ1n) is 8.08. The number of aromatic nitrogens is 1. The molecule has 2 aromatic carbocycles. The van der Waals surface area contributed by atoms with Crippen molar-refractivity contribution in [2.45, 2.75) is 6.61 Å². The van der Waals surface area contributed by atoms with Crippen LogP contribution in [-0.4, -0.2) is 19.1 Å². The van der Waals surface area contributed by atoms with E-state index in [-0.39, 0.29) is 6.61 Å². The lowest BCUT2D eigenvalue weighted by molar-refractivity contribution is 0.286. The zero-order valence-corrected chi connectivity index (χ0v) is 15.4. The van der Waals surface area contributed by atoms with Gasteiger partial charge in [-0.25, -0.2) is 10.8 Å². The molecule has 1 aromatic heterocycles. The van der Waals surface area contributed by atoms with Crippen molar-refractivity contribution in [2.24, 2.45) is 5.84 Å². The summed E-state index contributed by atoms with van der Waals surface area (Å²) in [7, 11) is 3.40. The minimum atomic E-state index is 0.290. The number of hydrogen-bond donors (Lipinski definition) is 1. The lowest BCUT2D eigenvalue weighted by Gasteiger charge is -2.19. The van der Waals surface area contributed by atoms with Crippen LogP contribution in [0.25, 0.3) is 11.3 Å². The predicted octanol–water partition coefficient (Wildman–Crippen LogP) is 4.30. The molecule has 6 heteroatoms. The molecule has 0 saturated heterocycles. The first-order valence-corrected chi connectivity index (χ1v) is 8.46. The minimum Gasteiger partial charge on any atom is -0.496 e. The fraction of sp³-hybridized carbons (Fsp3) is 0.150. The largest absolute Gasteiger partial charge is 0.496 e. The summed E-state index contributed by atoms with van der Waals surface area (Å²) in [6.07, 6.45) is 0. The van der Waals surface area contributed by atoms with Gasteiger partial charge in [-0.15, -0.1) is 0 Å². The van der Waals surface area contributed by atoms with Gasteiger partial charge in [-0.05, 0) is 30.3 Å². The second-order valence-corrected chi connectivity index (χ2v) is 6.16. The van der Waals surface area contributed by atoms with Crippen molar-refractivity contribution in [3.8, 4) is 22.9 Å². The highest BCUT2D eigenvalue weighted by Gasteiger charge is 2.12. The highest BCUT2D eigenvalue weighted by Crippen LogP contribution is 2.29. The molecule has 3 aromatic rings. The number of hydrogen-bond acceptors (Lipinski definition) is 5. The van der Waals surface area contributed by atoms with Gasteiger partial charge in [0.1, 0.15) is 12.4 Å². The molecule has 0 aliphatic carbocycles. The van der Waals surface area contributed by atoms with E-state index in [1.165, 1.54) is 0 Å². The van der Waals surface area contributed by atoms with E-state index in [2.05, 4.69) is 4.98 Å².